The van der Waals surface area contributed by atoms with Crippen molar-refractivity contribution in [3.05, 3.63) is 102 Å². The van der Waals surface area contributed by atoms with Gasteiger partial charge in [0.25, 0.3) is 0 Å². The second kappa shape index (κ2) is 15.9. The van der Waals surface area contributed by atoms with E-state index in [0.29, 0.717) is 11.8 Å². The number of carbonyl (C=O) groups is 4. The van der Waals surface area contributed by atoms with Gasteiger partial charge in [0, 0.05) is 25.2 Å². The third kappa shape index (κ3) is 10.8. The monoisotopic (exact) mass is 562 g/mol. The van der Waals surface area contributed by atoms with Crippen molar-refractivity contribution >= 4 is 24.2 Å². The number of alkyl carbamates (subject to hydrolysis) is 1. The highest BCUT2D eigenvalue weighted by atomic mass is 19.1. The standard InChI is InChI=1S/C31H35FN4O5/c1-21(2)15-27(29(38)34-26(19-37)16-24-9-6-14-33-18-24)35-30(39)28(17-22-10-12-25(32)13-11-22)36-31(40)41-20-23-7-4-3-5-8-23/h3-14,18-19,21,26-28H,15-17,20H2,1-2H3,(H,34,38)(H,35,39)(H,36,40)/t26?,27-,28-/m0/s1. The zero-order valence-electron chi connectivity index (χ0n) is 23.1. The SMILES string of the molecule is CC(C)C[C@H](NC(=O)[C@H](Cc1ccc(F)cc1)NC(=O)OCc1ccccc1)C(=O)NC(C=O)Cc1cccnc1. The van der Waals surface area contributed by atoms with Crippen LogP contribution < -0.4 is 16.0 Å². The molecule has 0 bridgehead atoms. The first-order valence-corrected chi connectivity index (χ1v) is 13.4. The quantitative estimate of drug-likeness (QED) is 0.258. The van der Waals surface area contributed by atoms with E-state index in [2.05, 4.69) is 20.9 Å². The number of amides is 3. The lowest BCUT2D eigenvalue weighted by Gasteiger charge is -2.25. The van der Waals surface area contributed by atoms with Gasteiger partial charge in [-0.3, -0.25) is 14.6 Å². The van der Waals surface area contributed by atoms with Crippen LogP contribution in [0.3, 0.4) is 0 Å². The van der Waals surface area contributed by atoms with Gasteiger partial charge in [-0.2, -0.15) is 0 Å². The Bertz CT molecular complexity index is 1270. The number of carbonyl (C=O) groups excluding carboxylic acids is 4. The van der Waals surface area contributed by atoms with Crippen LogP contribution in [-0.4, -0.2) is 47.3 Å². The van der Waals surface area contributed by atoms with E-state index in [1.165, 1.54) is 24.3 Å². The lowest BCUT2D eigenvalue weighted by atomic mass is 10.0. The van der Waals surface area contributed by atoms with Crippen LogP contribution in [0.15, 0.2) is 79.1 Å². The number of nitrogens with zero attached hydrogens (tertiary/aromatic N) is 1. The van der Waals surface area contributed by atoms with Gasteiger partial charge in [-0.05, 0) is 47.2 Å². The van der Waals surface area contributed by atoms with Crippen molar-refractivity contribution in [3.63, 3.8) is 0 Å². The van der Waals surface area contributed by atoms with Crippen LogP contribution in [0.5, 0.6) is 0 Å². The molecule has 41 heavy (non-hydrogen) atoms. The molecule has 0 saturated carbocycles. The number of rotatable bonds is 14. The van der Waals surface area contributed by atoms with Crippen molar-refractivity contribution in [3.8, 4) is 0 Å². The van der Waals surface area contributed by atoms with Gasteiger partial charge in [0.15, 0.2) is 0 Å². The lowest BCUT2D eigenvalue weighted by Crippen LogP contribution is -2.56. The highest BCUT2D eigenvalue weighted by molar-refractivity contribution is 5.92. The summed E-state index contributed by atoms with van der Waals surface area (Å²) in [5, 5.41) is 8.00. The number of aromatic nitrogens is 1. The van der Waals surface area contributed by atoms with Crippen molar-refractivity contribution in [2.45, 2.75) is 57.8 Å². The van der Waals surface area contributed by atoms with Crippen LogP contribution in [0.25, 0.3) is 0 Å². The molecule has 0 saturated heterocycles. The van der Waals surface area contributed by atoms with Crippen LogP contribution >= 0.6 is 0 Å². The largest absolute Gasteiger partial charge is 0.445 e. The molecule has 0 fully saturated rings. The number of halogens is 1. The van der Waals surface area contributed by atoms with E-state index in [1.54, 1.807) is 36.7 Å². The molecule has 216 valence electrons. The van der Waals surface area contributed by atoms with Gasteiger partial charge in [0.2, 0.25) is 11.8 Å². The Morgan fingerprint density at radius 1 is 0.829 bits per heavy atom. The Morgan fingerprint density at radius 3 is 2.15 bits per heavy atom. The highest BCUT2D eigenvalue weighted by Crippen LogP contribution is 2.10. The number of pyridine rings is 1. The molecule has 0 radical (unpaired) electrons. The Morgan fingerprint density at radius 2 is 1.51 bits per heavy atom. The predicted octanol–water partition coefficient (Wildman–Crippen LogP) is 3.52. The smallest absolute Gasteiger partial charge is 0.408 e. The van der Waals surface area contributed by atoms with E-state index in [-0.39, 0.29) is 31.8 Å². The van der Waals surface area contributed by atoms with E-state index >= 15 is 0 Å². The maximum absolute atomic E-state index is 13.5. The van der Waals surface area contributed by atoms with Crippen molar-refractivity contribution in [2.24, 2.45) is 5.92 Å². The van der Waals surface area contributed by atoms with E-state index in [4.69, 9.17) is 4.74 Å². The number of hydrogen-bond donors (Lipinski definition) is 3. The molecular weight excluding hydrogens is 527 g/mol. The Balaban J connectivity index is 1.71. The molecule has 1 aromatic heterocycles. The molecule has 10 heteroatoms. The van der Waals surface area contributed by atoms with Crippen molar-refractivity contribution < 1.29 is 28.3 Å². The molecule has 3 rings (SSSR count). The summed E-state index contributed by atoms with van der Waals surface area (Å²) in [4.78, 5) is 55.1. The second-order valence-corrected chi connectivity index (χ2v) is 10.1. The summed E-state index contributed by atoms with van der Waals surface area (Å²) in [5.74, 6) is -1.56. The van der Waals surface area contributed by atoms with Crippen LogP contribution in [0, 0.1) is 11.7 Å². The summed E-state index contributed by atoms with van der Waals surface area (Å²) in [6, 6.07) is 15.2. The number of aldehydes is 1. The number of nitrogens with one attached hydrogen (secondary N) is 3. The molecule has 1 heterocycles. The molecule has 3 N–H and O–H groups in total. The normalized spacial score (nSPS) is 13.0. The van der Waals surface area contributed by atoms with Gasteiger partial charge < -0.3 is 25.5 Å². The van der Waals surface area contributed by atoms with Crippen molar-refractivity contribution in [2.75, 3.05) is 0 Å². The van der Waals surface area contributed by atoms with Gasteiger partial charge >= 0.3 is 6.09 Å². The third-order valence-electron chi connectivity index (χ3n) is 6.18. The van der Waals surface area contributed by atoms with Gasteiger partial charge in [0.1, 0.15) is 30.8 Å². The van der Waals surface area contributed by atoms with E-state index in [0.717, 1.165) is 11.1 Å². The Hall–Kier alpha value is -4.60. The minimum absolute atomic E-state index is 0.0000407. The molecule has 0 aliphatic carbocycles. The summed E-state index contributed by atoms with van der Waals surface area (Å²) < 4.78 is 18.8. The molecule has 3 amide bonds. The minimum Gasteiger partial charge on any atom is -0.445 e. The van der Waals surface area contributed by atoms with E-state index in [9.17, 15) is 23.6 Å². The van der Waals surface area contributed by atoms with E-state index < -0.39 is 41.9 Å². The summed E-state index contributed by atoms with van der Waals surface area (Å²) >= 11 is 0. The van der Waals surface area contributed by atoms with E-state index in [1.807, 2.05) is 32.0 Å². The zero-order valence-corrected chi connectivity index (χ0v) is 23.1. The zero-order chi connectivity index (χ0) is 29.6. The first kappa shape index (κ1) is 30.9. The average molecular weight is 563 g/mol. The highest BCUT2D eigenvalue weighted by Gasteiger charge is 2.29. The summed E-state index contributed by atoms with van der Waals surface area (Å²) in [6.07, 6.45) is 3.60. The first-order chi connectivity index (χ1) is 19.7. The number of hydrogen-bond acceptors (Lipinski definition) is 6. The second-order valence-electron chi connectivity index (χ2n) is 10.1. The fourth-order valence-electron chi connectivity index (χ4n) is 4.14. The summed E-state index contributed by atoms with van der Waals surface area (Å²) in [7, 11) is 0. The molecular formula is C31H35FN4O5. The first-order valence-electron chi connectivity index (χ1n) is 13.4. The summed E-state index contributed by atoms with van der Waals surface area (Å²) in [5.41, 5.74) is 2.14. The fourth-order valence-corrected chi connectivity index (χ4v) is 4.14. The van der Waals surface area contributed by atoms with Crippen molar-refractivity contribution in [1.29, 1.82) is 0 Å². The molecule has 0 spiro atoms. The van der Waals surface area contributed by atoms with Crippen LogP contribution in [-0.2, 0) is 38.6 Å². The molecule has 0 aliphatic heterocycles. The summed E-state index contributed by atoms with van der Waals surface area (Å²) in [6.45, 7) is 3.79. The fraction of sp³-hybridized carbons (Fsp3) is 0.323. The van der Waals surface area contributed by atoms with Crippen LogP contribution in [0.2, 0.25) is 0 Å². The van der Waals surface area contributed by atoms with Gasteiger partial charge in [-0.1, -0.05) is 62.4 Å². The molecule has 3 atom stereocenters. The van der Waals surface area contributed by atoms with Crippen molar-refractivity contribution in [1.82, 2.24) is 20.9 Å². The molecule has 2 aromatic carbocycles. The number of ether oxygens (including phenoxy) is 1. The Labute approximate surface area is 238 Å². The molecule has 1 unspecified atom stereocenters. The minimum atomic E-state index is -1.12. The topological polar surface area (TPSA) is 126 Å². The third-order valence-corrected chi connectivity index (χ3v) is 6.18. The molecule has 3 aromatic rings. The molecule has 0 aliphatic rings. The maximum atomic E-state index is 13.5. The number of benzene rings is 2. The predicted molar refractivity (Wildman–Crippen MR) is 151 cm³/mol. The van der Waals surface area contributed by atoms with Gasteiger partial charge in [0.05, 0.1) is 6.04 Å². The van der Waals surface area contributed by atoms with Gasteiger partial charge in [-0.15, -0.1) is 0 Å². The lowest BCUT2D eigenvalue weighted by molar-refractivity contribution is -0.131. The molecule has 9 nitrogen and oxygen atoms in total. The maximum Gasteiger partial charge on any atom is 0.408 e. The van der Waals surface area contributed by atoms with Crippen LogP contribution in [0.4, 0.5) is 9.18 Å². The average Bonchev–Trinajstić information content (AvgIpc) is 2.97. The van der Waals surface area contributed by atoms with Gasteiger partial charge in [-0.25, -0.2) is 9.18 Å². The Kier molecular flexibility index (Phi) is 12.0. The van der Waals surface area contributed by atoms with Crippen LogP contribution in [0.1, 0.15) is 37.0 Å².